The highest BCUT2D eigenvalue weighted by atomic mass is 16.3. The van der Waals surface area contributed by atoms with Gasteiger partial charge in [0.1, 0.15) is 11.5 Å². The zero-order valence-electron chi connectivity index (χ0n) is 11.3. The van der Waals surface area contributed by atoms with Gasteiger partial charge in [0.05, 0.1) is 6.04 Å². The molecule has 96 valence electrons. The number of aryl methyl sites for hydroxylation is 1. The summed E-state index contributed by atoms with van der Waals surface area (Å²) in [4.78, 5) is 0. The van der Waals surface area contributed by atoms with Crippen LogP contribution in [0.2, 0.25) is 0 Å². The molecular formula is C16H21NO. The average Bonchev–Trinajstić information content (AvgIpc) is 2.74. The van der Waals surface area contributed by atoms with Gasteiger partial charge in [0.25, 0.3) is 0 Å². The molecule has 2 nitrogen and oxygen atoms in total. The lowest BCUT2D eigenvalue weighted by Crippen LogP contribution is -2.11. The molecule has 0 radical (unpaired) electrons. The van der Waals surface area contributed by atoms with Crippen molar-refractivity contribution in [2.24, 2.45) is 11.7 Å². The molecule has 2 aromatic rings. The first-order chi connectivity index (χ1) is 8.56. The molecule has 0 aliphatic rings. The highest BCUT2D eigenvalue weighted by Crippen LogP contribution is 2.23. The minimum absolute atomic E-state index is 0.175. The lowest BCUT2D eigenvalue weighted by Gasteiger charge is -2.12. The van der Waals surface area contributed by atoms with Gasteiger partial charge in [-0.05, 0) is 42.5 Å². The van der Waals surface area contributed by atoms with Gasteiger partial charge in [-0.1, -0.05) is 38.1 Å². The molecule has 1 aromatic heterocycles. The van der Waals surface area contributed by atoms with Crippen molar-refractivity contribution in [3.8, 4) is 0 Å². The van der Waals surface area contributed by atoms with Gasteiger partial charge in [-0.3, -0.25) is 0 Å². The van der Waals surface area contributed by atoms with Crippen LogP contribution < -0.4 is 5.73 Å². The first kappa shape index (κ1) is 12.9. The van der Waals surface area contributed by atoms with Gasteiger partial charge in [-0.25, -0.2) is 0 Å². The molecule has 0 saturated heterocycles. The number of hydrogen-bond acceptors (Lipinski definition) is 2. The van der Waals surface area contributed by atoms with Gasteiger partial charge in [-0.2, -0.15) is 0 Å². The van der Waals surface area contributed by atoms with E-state index in [0.717, 1.165) is 23.5 Å². The topological polar surface area (TPSA) is 39.2 Å². The minimum atomic E-state index is -0.175. The number of hydrogen-bond donors (Lipinski definition) is 1. The largest absolute Gasteiger partial charge is 0.464 e. The SMILES string of the molecule is Cc1ccc(C(N)c2cccc(CC(C)C)c2)o1. The van der Waals surface area contributed by atoms with Crippen molar-refractivity contribution in [3.63, 3.8) is 0 Å². The molecular weight excluding hydrogens is 222 g/mol. The fourth-order valence-corrected chi connectivity index (χ4v) is 2.17. The number of benzene rings is 1. The van der Waals surface area contributed by atoms with Gasteiger partial charge in [0.15, 0.2) is 0 Å². The lowest BCUT2D eigenvalue weighted by molar-refractivity contribution is 0.466. The summed E-state index contributed by atoms with van der Waals surface area (Å²) in [5.74, 6) is 2.38. The predicted molar refractivity (Wildman–Crippen MR) is 74.5 cm³/mol. The number of nitrogens with two attached hydrogens (primary N) is 1. The smallest absolute Gasteiger partial charge is 0.125 e. The molecule has 1 atom stereocenters. The second-order valence-electron chi connectivity index (χ2n) is 5.27. The summed E-state index contributed by atoms with van der Waals surface area (Å²) >= 11 is 0. The maximum absolute atomic E-state index is 6.24. The Bertz CT molecular complexity index is 513. The summed E-state index contributed by atoms with van der Waals surface area (Å²) in [6.07, 6.45) is 1.08. The Morgan fingerprint density at radius 2 is 1.94 bits per heavy atom. The van der Waals surface area contributed by atoms with Crippen molar-refractivity contribution < 1.29 is 4.42 Å². The van der Waals surface area contributed by atoms with E-state index in [1.807, 2.05) is 19.1 Å². The highest BCUT2D eigenvalue weighted by molar-refractivity contribution is 5.31. The summed E-state index contributed by atoms with van der Waals surface area (Å²) in [5.41, 5.74) is 8.68. The molecule has 18 heavy (non-hydrogen) atoms. The van der Waals surface area contributed by atoms with Gasteiger partial charge in [-0.15, -0.1) is 0 Å². The third-order valence-corrected chi connectivity index (χ3v) is 3.02. The van der Waals surface area contributed by atoms with Gasteiger partial charge >= 0.3 is 0 Å². The fourth-order valence-electron chi connectivity index (χ4n) is 2.17. The summed E-state index contributed by atoms with van der Waals surface area (Å²) in [7, 11) is 0. The van der Waals surface area contributed by atoms with E-state index >= 15 is 0 Å². The van der Waals surface area contributed by atoms with Crippen LogP contribution in [0.3, 0.4) is 0 Å². The van der Waals surface area contributed by atoms with Crippen molar-refractivity contribution in [3.05, 3.63) is 59.0 Å². The lowest BCUT2D eigenvalue weighted by atomic mass is 9.98. The molecule has 1 aromatic carbocycles. The van der Waals surface area contributed by atoms with Crippen LogP contribution in [-0.2, 0) is 6.42 Å². The van der Waals surface area contributed by atoms with Crippen LogP contribution in [0.1, 0.15) is 42.5 Å². The molecule has 0 amide bonds. The molecule has 0 fully saturated rings. The molecule has 0 aliphatic heterocycles. The zero-order valence-corrected chi connectivity index (χ0v) is 11.3. The maximum atomic E-state index is 6.24. The van der Waals surface area contributed by atoms with Crippen LogP contribution in [-0.4, -0.2) is 0 Å². The first-order valence-corrected chi connectivity index (χ1v) is 6.47. The van der Waals surface area contributed by atoms with Crippen LogP contribution >= 0.6 is 0 Å². The number of furan rings is 1. The summed E-state index contributed by atoms with van der Waals surface area (Å²) in [6, 6.07) is 12.2. The third-order valence-electron chi connectivity index (χ3n) is 3.02. The fraction of sp³-hybridized carbons (Fsp3) is 0.375. The third kappa shape index (κ3) is 3.02. The van der Waals surface area contributed by atoms with Gasteiger partial charge < -0.3 is 10.2 Å². The molecule has 0 spiro atoms. The summed E-state index contributed by atoms with van der Waals surface area (Å²) in [5, 5.41) is 0. The Morgan fingerprint density at radius 1 is 1.17 bits per heavy atom. The van der Waals surface area contributed by atoms with E-state index in [4.69, 9.17) is 10.2 Å². The maximum Gasteiger partial charge on any atom is 0.125 e. The van der Waals surface area contributed by atoms with Crippen molar-refractivity contribution in [1.29, 1.82) is 0 Å². The van der Waals surface area contributed by atoms with Crippen LogP contribution in [0.4, 0.5) is 0 Å². The minimum Gasteiger partial charge on any atom is -0.464 e. The van der Waals surface area contributed by atoms with E-state index < -0.39 is 0 Å². The molecule has 0 saturated carbocycles. The molecule has 2 N–H and O–H groups in total. The van der Waals surface area contributed by atoms with Crippen LogP contribution in [0.5, 0.6) is 0 Å². The quantitative estimate of drug-likeness (QED) is 0.886. The second kappa shape index (κ2) is 5.40. The van der Waals surface area contributed by atoms with Gasteiger partial charge in [0, 0.05) is 0 Å². The van der Waals surface area contributed by atoms with E-state index in [1.165, 1.54) is 5.56 Å². The van der Waals surface area contributed by atoms with Crippen LogP contribution in [0.15, 0.2) is 40.8 Å². The van der Waals surface area contributed by atoms with Crippen LogP contribution in [0.25, 0.3) is 0 Å². The molecule has 2 heteroatoms. The van der Waals surface area contributed by atoms with Crippen LogP contribution in [0, 0.1) is 12.8 Å². The molecule has 1 unspecified atom stereocenters. The Morgan fingerprint density at radius 3 is 2.56 bits per heavy atom. The highest BCUT2D eigenvalue weighted by Gasteiger charge is 2.13. The van der Waals surface area contributed by atoms with Crippen molar-refractivity contribution in [2.45, 2.75) is 33.2 Å². The van der Waals surface area contributed by atoms with Crippen molar-refractivity contribution in [2.75, 3.05) is 0 Å². The number of rotatable bonds is 4. The standard InChI is InChI=1S/C16H21NO/c1-11(2)9-13-5-4-6-14(10-13)16(17)15-8-7-12(3)18-15/h4-8,10-11,16H,9,17H2,1-3H3. The average molecular weight is 243 g/mol. The Labute approximate surface area is 109 Å². The Hall–Kier alpha value is -1.54. The molecule has 2 rings (SSSR count). The normalized spacial score (nSPS) is 12.9. The van der Waals surface area contributed by atoms with Gasteiger partial charge in [0.2, 0.25) is 0 Å². The first-order valence-electron chi connectivity index (χ1n) is 6.47. The van der Waals surface area contributed by atoms with E-state index in [9.17, 15) is 0 Å². The van der Waals surface area contributed by atoms with E-state index in [2.05, 4.69) is 38.1 Å². The van der Waals surface area contributed by atoms with E-state index in [1.54, 1.807) is 0 Å². The summed E-state index contributed by atoms with van der Waals surface area (Å²) in [6.45, 7) is 6.39. The molecule has 1 heterocycles. The van der Waals surface area contributed by atoms with E-state index in [0.29, 0.717) is 5.92 Å². The monoisotopic (exact) mass is 243 g/mol. The molecule has 0 aliphatic carbocycles. The zero-order chi connectivity index (χ0) is 13.1. The predicted octanol–water partition coefficient (Wildman–Crippen LogP) is 3.83. The second-order valence-corrected chi connectivity index (χ2v) is 5.27. The van der Waals surface area contributed by atoms with Crippen molar-refractivity contribution >= 4 is 0 Å². The van der Waals surface area contributed by atoms with Crippen molar-refractivity contribution in [1.82, 2.24) is 0 Å². The van der Waals surface area contributed by atoms with E-state index in [-0.39, 0.29) is 6.04 Å². The Kier molecular flexibility index (Phi) is 3.87. The Balaban J connectivity index is 2.22. The summed E-state index contributed by atoms with van der Waals surface area (Å²) < 4.78 is 5.60. The molecule has 0 bridgehead atoms.